The average molecular weight is 594 g/mol. The topological polar surface area (TPSA) is 183 Å². The van der Waals surface area contributed by atoms with Crippen molar-refractivity contribution in [1.29, 1.82) is 0 Å². The van der Waals surface area contributed by atoms with Gasteiger partial charge in [-0.25, -0.2) is 4.79 Å². The van der Waals surface area contributed by atoms with Gasteiger partial charge >= 0.3 is 12.1 Å². The van der Waals surface area contributed by atoms with Crippen molar-refractivity contribution in [1.82, 2.24) is 36.2 Å². The molecule has 1 atom stereocenters. The van der Waals surface area contributed by atoms with Crippen LogP contribution in [0.3, 0.4) is 0 Å². The molecule has 228 valence electrons. The summed E-state index contributed by atoms with van der Waals surface area (Å²) in [6, 6.07) is 14.1. The fourth-order valence-corrected chi connectivity index (χ4v) is 3.69. The second-order valence-electron chi connectivity index (χ2n) is 10.4. The van der Waals surface area contributed by atoms with Gasteiger partial charge in [0, 0.05) is 31.1 Å². The number of tetrazole rings is 1. The Bertz CT molecular complexity index is 1430. The van der Waals surface area contributed by atoms with Crippen molar-refractivity contribution >= 4 is 29.7 Å². The molecule has 0 spiro atoms. The Balaban J connectivity index is 1.67. The van der Waals surface area contributed by atoms with Gasteiger partial charge in [0.15, 0.2) is 5.78 Å². The first-order valence-electron chi connectivity index (χ1n) is 13.5. The highest BCUT2D eigenvalue weighted by atomic mass is 16.6. The maximum absolute atomic E-state index is 13.2. The number of carbonyl (C=O) groups is 5. The SMILES string of the molecule is CNC(=O)CCNC(=O)c1cccc(-c2nnn(CC(=O)C(CC(=O)OC(C)(C)C)NC(=O)OCc3ccccc3)n2)c1. The van der Waals surface area contributed by atoms with E-state index in [1.165, 1.54) is 7.05 Å². The maximum atomic E-state index is 13.2. The number of rotatable bonds is 13. The molecule has 0 aliphatic heterocycles. The van der Waals surface area contributed by atoms with Crippen LogP contribution in [0.2, 0.25) is 0 Å². The van der Waals surface area contributed by atoms with E-state index in [9.17, 15) is 24.0 Å². The number of alkyl carbamates (subject to hydrolysis) is 1. The number of Topliss-reactive ketones (excluding diaryl/α,β-unsaturated/α-hetero) is 1. The molecule has 1 unspecified atom stereocenters. The van der Waals surface area contributed by atoms with E-state index in [4.69, 9.17) is 9.47 Å². The van der Waals surface area contributed by atoms with Crippen molar-refractivity contribution in [3.05, 3.63) is 65.7 Å². The van der Waals surface area contributed by atoms with E-state index in [0.29, 0.717) is 11.1 Å². The Labute approximate surface area is 248 Å². The minimum absolute atomic E-state index is 0.0286. The van der Waals surface area contributed by atoms with Gasteiger partial charge in [0.05, 0.1) is 6.42 Å². The van der Waals surface area contributed by atoms with Crippen molar-refractivity contribution in [3.8, 4) is 11.4 Å². The highest BCUT2D eigenvalue weighted by Crippen LogP contribution is 2.16. The molecule has 0 aliphatic carbocycles. The molecule has 0 saturated heterocycles. The van der Waals surface area contributed by atoms with Crippen LogP contribution in [0, 0.1) is 0 Å². The first-order chi connectivity index (χ1) is 20.4. The van der Waals surface area contributed by atoms with E-state index >= 15 is 0 Å². The summed E-state index contributed by atoms with van der Waals surface area (Å²) in [6.07, 6.45) is -1.18. The first-order valence-corrected chi connectivity index (χ1v) is 13.5. The molecule has 3 aromatic rings. The number of ketones is 1. The largest absolute Gasteiger partial charge is 0.460 e. The van der Waals surface area contributed by atoms with E-state index < -0.39 is 42.5 Å². The third-order valence-electron chi connectivity index (χ3n) is 5.73. The van der Waals surface area contributed by atoms with Gasteiger partial charge in [-0.15, -0.1) is 10.2 Å². The van der Waals surface area contributed by atoms with Gasteiger partial charge in [-0.05, 0) is 43.7 Å². The standard InChI is InChI=1S/C29H35N7O7/c1-29(2,3)43-25(39)16-22(32-28(41)42-18-19-9-6-5-7-10-19)23(37)17-36-34-26(33-35-36)20-11-8-12-21(15-20)27(40)31-14-13-24(38)30-4/h5-12,15,22H,13-14,16-18H2,1-4H3,(H,30,38)(H,31,40)(H,32,41). The zero-order valence-corrected chi connectivity index (χ0v) is 24.5. The molecule has 0 fully saturated rings. The van der Waals surface area contributed by atoms with Gasteiger partial charge in [0.1, 0.15) is 24.8 Å². The highest BCUT2D eigenvalue weighted by molar-refractivity contribution is 5.95. The predicted octanol–water partition coefficient (Wildman–Crippen LogP) is 1.80. The monoisotopic (exact) mass is 593 g/mol. The lowest BCUT2D eigenvalue weighted by atomic mass is 10.1. The van der Waals surface area contributed by atoms with Gasteiger partial charge in [0.2, 0.25) is 11.7 Å². The van der Waals surface area contributed by atoms with E-state index in [1.807, 2.05) is 6.07 Å². The molecular weight excluding hydrogens is 558 g/mol. The van der Waals surface area contributed by atoms with Gasteiger partial charge < -0.3 is 25.4 Å². The molecule has 1 aromatic heterocycles. The molecular formula is C29H35N7O7. The molecule has 3 amide bonds. The van der Waals surface area contributed by atoms with E-state index in [2.05, 4.69) is 31.4 Å². The van der Waals surface area contributed by atoms with E-state index in [1.54, 1.807) is 69.3 Å². The van der Waals surface area contributed by atoms with Crippen LogP contribution >= 0.6 is 0 Å². The second kappa shape index (κ2) is 15.2. The molecule has 14 heteroatoms. The summed E-state index contributed by atoms with van der Waals surface area (Å²) in [5.74, 6) is -1.71. The summed E-state index contributed by atoms with van der Waals surface area (Å²) in [6.45, 7) is 4.78. The van der Waals surface area contributed by atoms with Gasteiger partial charge in [0.25, 0.3) is 5.91 Å². The van der Waals surface area contributed by atoms with Crippen molar-refractivity contribution in [2.45, 2.75) is 58.4 Å². The lowest BCUT2D eigenvalue weighted by Gasteiger charge is -2.22. The third kappa shape index (κ3) is 11.0. The summed E-state index contributed by atoms with van der Waals surface area (Å²) in [5, 5.41) is 19.7. The third-order valence-corrected chi connectivity index (χ3v) is 5.73. The van der Waals surface area contributed by atoms with Crippen LogP contribution in [0.5, 0.6) is 0 Å². The first kappa shape index (κ1) is 32.4. The lowest BCUT2D eigenvalue weighted by molar-refractivity contribution is -0.156. The molecule has 0 aliphatic rings. The van der Waals surface area contributed by atoms with E-state index in [-0.39, 0.29) is 37.2 Å². The molecule has 0 radical (unpaired) electrons. The van der Waals surface area contributed by atoms with Crippen molar-refractivity contribution in [3.63, 3.8) is 0 Å². The number of amides is 3. The van der Waals surface area contributed by atoms with Crippen LogP contribution in [-0.2, 0) is 37.0 Å². The lowest BCUT2D eigenvalue weighted by Crippen LogP contribution is -2.45. The average Bonchev–Trinajstić information content (AvgIpc) is 3.43. The Morgan fingerprint density at radius 2 is 1.74 bits per heavy atom. The number of ether oxygens (including phenoxy) is 2. The van der Waals surface area contributed by atoms with Gasteiger partial charge in [-0.2, -0.15) is 4.80 Å². The Hall–Kier alpha value is -5.14. The number of hydrogen-bond acceptors (Lipinski definition) is 10. The second-order valence-corrected chi connectivity index (χ2v) is 10.4. The van der Waals surface area contributed by atoms with Crippen LogP contribution in [0.1, 0.15) is 49.5 Å². The zero-order chi connectivity index (χ0) is 31.4. The van der Waals surface area contributed by atoms with Crippen molar-refractivity contribution in [2.24, 2.45) is 0 Å². The molecule has 0 saturated carbocycles. The molecule has 1 heterocycles. The minimum atomic E-state index is -1.28. The van der Waals surface area contributed by atoms with Crippen LogP contribution in [0.4, 0.5) is 4.79 Å². The molecule has 3 N–H and O–H groups in total. The molecule has 0 bridgehead atoms. The van der Waals surface area contributed by atoms with Gasteiger partial charge in [-0.3, -0.25) is 19.2 Å². The molecule has 2 aromatic carbocycles. The summed E-state index contributed by atoms with van der Waals surface area (Å²) in [4.78, 5) is 63.1. The van der Waals surface area contributed by atoms with Crippen LogP contribution in [0.15, 0.2) is 54.6 Å². The number of benzene rings is 2. The zero-order valence-electron chi connectivity index (χ0n) is 24.5. The van der Waals surface area contributed by atoms with Gasteiger partial charge in [-0.1, -0.05) is 42.5 Å². The maximum Gasteiger partial charge on any atom is 0.408 e. The summed E-state index contributed by atoms with van der Waals surface area (Å²) < 4.78 is 10.5. The predicted molar refractivity (Wildman–Crippen MR) is 153 cm³/mol. The summed E-state index contributed by atoms with van der Waals surface area (Å²) in [7, 11) is 1.51. The fraction of sp³-hybridized carbons (Fsp3) is 0.379. The van der Waals surface area contributed by atoms with Crippen molar-refractivity contribution in [2.75, 3.05) is 13.6 Å². The Kier molecular flexibility index (Phi) is 11.4. The number of hydrogen-bond donors (Lipinski definition) is 3. The Morgan fingerprint density at radius 1 is 1.00 bits per heavy atom. The quantitative estimate of drug-likeness (QED) is 0.247. The van der Waals surface area contributed by atoms with E-state index in [0.717, 1.165) is 10.4 Å². The van der Waals surface area contributed by atoms with Crippen LogP contribution < -0.4 is 16.0 Å². The minimum Gasteiger partial charge on any atom is -0.460 e. The number of esters is 1. The summed E-state index contributed by atoms with van der Waals surface area (Å²) >= 11 is 0. The number of aromatic nitrogens is 4. The number of nitrogens with zero attached hydrogens (tertiary/aromatic N) is 4. The molecule has 14 nitrogen and oxygen atoms in total. The Morgan fingerprint density at radius 3 is 2.44 bits per heavy atom. The fourth-order valence-electron chi connectivity index (χ4n) is 3.69. The van der Waals surface area contributed by atoms with Crippen LogP contribution in [0.25, 0.3) is 11.4 Å². The van der Waals surface area contributed by atoms with Crippen molar-refractivity contribution < 1.29 is 33.4 Å². The summed E-state index contributed by atoms with van der Waals surface area (Å²) in [5.41, 5.74) is 0.733. The number of nitrogens with one attached hydrogen (secondary N) is 3. The normalized spacial score (nSPS) is 11.6. The molecule has 43 heavy (non-hydrogen) atoms. The van der Waals surface area contributed by atoms with Crippen LogP contribution in [-0.4, -0.2) is 75.1 Å². The highest BCUT2D eigenvalue weighted by Gasteiger charge is 2.28. The molecule has 3 rings (SSSR count). The smallest absolute Gasteiger partial charge is 0.408 e. The number of carbonyl (C=O) groups excluding carboxylic acids is 5.